The Kier molecular flexibility index (Phi) is 18.5. The standard InChI is InChI=1S/C31H28F4O4.C21H14Br2F4O2/c1-23-22-28(38-30(32,33)26-14-10-24(11-15-26)8-4-2-6-20-36)18-19-29(23)39-31(34,35)27-16-12-25(13-17-27)9-5-3-7-21-37;1-13-12-18(28-20(24,25)14-2-6-16(22)7-3-14)10-11-19(13)29-21(26,27)15-4-8-17(23)9-5-15/h10-19,22,36-37H,2-3,6-7,20-21H2,1H3;2-12H,1H3. The molecule has 6 aromatic carbocycles. The fourth-order valence-corrected chi connectivity index (χ4v) is 6.38. The molecule has 16 heteroatoms. The van der Waals surface area contributed by atoms with Gasteiger partial charge < -0.3 is 29.2 Å². The normalized spacial score (nSPS) is 11.5. The Hall–Kier alpha value is -6.04. The number of aryl methyl sites for hydroxylation is 2. The van der Waals surface area contributed by atoms with Crippen molar-refractivity contribution in [2.24, 2.45) is 0 Å². The summed E-state index contributed by atoms with van der Waals surface area (Å²) in [5.74, 6) is 10.6. The molecule has 0 aliphatic heterocycles. The van der Waals surface area contributed by atoms with E-state index in [1.807, 2.05) is 0 Å². The van der Waals surface area contributed by atoms with Crippen LogP contribution in [-0.4, -0.2) is 23.4 Å². The highest BCUT2D eigenvalue weighted by Crippen LogP contribution is 2.39. The number of benzene rings is 6. The lowest BCUT2D eigenvalue weighted by Crippen LogP contribution is -2.23. The van der Waals surface area contributed by atoms with Crippen LogP contribution < -0.4 is 18.9 Å². The van der Waals surface area contributed by atoms with Gasteiger partial charge in [-0.3, -0.25) is 0 Å². The molecule has 0 radical (unpaired) electrons. The lowest BCUT2D eigenvalue weighted by atomic mass is 10.1. The molecular formula is C52H42Br2F8O6. The maximum absolute atomic E-state index is 14.8. The summed E-state index contributed by atoms with van der Waals surface area (Å²) in [5, 5.41) is 17.5. The third kappa shape index (κ3) is 15.5. The zero-order chi connectivity index (χ0) is 49.5. The quantitative estimate of drug-likeness (QED) is 0.0571. The summed E-state index contributed by atoms with van der Waals surface area (Å²) < 4.78 is 137. The van der Waals surface area contributed by atoms with Gasteiger partial charge in [-0.15, -0.1) is 0 Å². The van der Waals surface area contributed by atoms with E-state index in [9.17, 15) is 35.1 Å². The van der Waals surface area contributed by atoms with Crippen LogP contribution in [0.15, 0.2) is 142 Å². The number of ether oxygens (including phenoxy) is 4. The number of halogens is 10. The lowest BCUT2D eigenvalue weighted by Gasteiger charge is -2.21. The highest BCUT2D eigenvalue weighted by molar-refractivity contribution is 9.10. The maximum Gasteiger partial charge on any atom is 0.426 e. The Bertz CT molecular complexity index is 2710. The molecule has 0 saturated carbocycles. The molecule has 68 heavy (non-hydrogen) atoms. The summed E-state index contributed by atoms with van der Waals surface area (Å²) in [4.78, 5) is 0. The highest BCUT2D eigenvalue weighted by Gasteiger charge is 2.38. The average Bonchev–Trinajstić information content (AvgIpc) is 3.29. The van der Waals surface area contributed by atoms with E-state index in [1.165, 1.54) is 129 Å². The number of hydrogen-bond donors (Lipinski definition) is 2. The molecule has 0 heterocycles. The summed E-state index contributed by atoms with van der Waals surface area (Å²) in [6, 6.07) is 28.4. The minimum absolute atomic E-state index is 0.0315. The summed E-state index contributed by atoms with van der Waals surface area (Å²) in [5.41, 5.74) is 0.0557. The number of rotatable bonds is 16. The fourth-order valence-electron chi connectivity index (χ4n) is 5.85. The van der Waals surface area contributed by atoms with Gasteiger partial charge in [-0.2, -0.15) is 35.1 Å². The molecule has 0 bridgehead atoms. The zero-order valence-electron chi connectivity index (χ0n) is 36.3. The second-order valence-corrected chi connectivity index (χ2v) is 16.6. The van der Waals surface area contributed by atoms with E-state index in [2.05, 4.69) is 55.5 Å². The van der Waals surface area contributed by atoms with Crippen LogP contribution in [-0.2, 0) is 24.4 Å². The molecule has 0 spiro atoms. The third-order valence-electron chi connectivity index (χ3n) is 9.45. The minimum Gasteiger partial charge on any atom is -0.429 e. The van der Waals surface area contributed by atoms with Gasteiger partial charge >= 0.3 is 24.4 Å². The lowest BCUT2D eigenvalue weighted by molar-refractivity contribution is -0.188. The van der Waals surface area contributed by atoms with Crippen molar-refractivity contribution in [1.82, 2.24) is 0 Å². The summed E-state index contributed by atoms with van der Waals surface area (Å²) in [7, 11) is 0. The molecule has 0 aliphatic carbocycles. The summed E-state index contributed by atoms with van der Waals surface area (Å²) >= 11 is 6.36. The van der Waals surface area contributed by atoms with Crippen LogP contribution >= 0.6 is 31.9 Å². The number of alkyl halides is 8. The van der Waals surface area contributed by atoms with Gasteiger partial charge in [0.1, 0.15) is 23.0 Å². The van der Waals surface area contributed by atoms with Crippen LogP contribution in [0.1, 0.15) is 70.2 Å². The number of hydrogen-bond acceptors (Lipinski definition) is 6. The first-order chi connectivity index (χ1) is 32.2. The van der Waals surface area contributed by atoms with Gasteiger partial charge in [0.2, 0.25) is 0 Å². The third-order valence-corrected chi connectivity index (χ3v) is 10.5. The maximum atomic E-state index is 14.8. The van der Waals surface area contributed by atoms with Crippen LogP contribution in [0.2, 0.25) is 0 Å². The van der Waals surface area contributed by atoms with E-state index in [-0.39, 0.29) is 58.5 Å². The van der Waals surface area contributed by atoms with Gasteiger partial charge in [-0.1, -0.05) is 55.5 Å². The molecule has 0 saturated heterocycles. The summed E-state index contributed by atoms with van der Waals surface area (Å²) in [6.45, 7) is 2.98. The Balaban J connectivity index is 0.000000265. The van der Waals surface area contributed by atoms with Crippen molar-refractivity contribution in [3.8, 4) is 46.7 Å². The van der Waals surface area contributed by atoms with Gasteiger partial charge in [-0.25, -0.2) is 0 Å². The van der Waals surface area contributed by atoms with Crippen molar-refractivity contribution < 1.29 is 64.3 Å². The summed E-state index contributed by atoms with van der Waals surface area (Å²) in [6.07, 6.45) is -12.5. The topological polar surface area (TPSA) is 77.4 Å². The van der Waals surface area contributed by atoms with Crippen LogP contribution in [0.4, 0.5) is 35.1 Å². The molecular weight excluding hydrogens is 1030 g/mol. The van der Waals surface area contributed by atoms with Crippen molar-refractivity contribution in [1.29, 1.82) is 0 Å². The highest BCUT2D eigenvalue weighted by atomic mass is 79.9. The smallest absolute Gasteiger partial charge is 0.426 e. The number of aliphatic hydroxyl groups excluding tert-OH is 2. The van der Waals surface area contributed by atoms with Gasteiger partial charge in [0.25, 0.3) is 0 Å². The van der Waals surface area contributed by atoms with E-state index < -0.39 is 35.6 Å². The molecule has 2 N–H and O–H groups in total. The van der Waals surface area contributed by atoms with Crippen molar-refractivity contribution >= 4 is 31.9 Å². The molecule has 6 aromatic rings. The Morgan fingerprint density at radius 1 is 0.426 bits per heavy atom. The first-order valence-corrected chi connectivity index (χ1v) is 22.2. The minimum atomic E-state index is -3.68. The Labute approximate surface area is 405 Å². The predicted octanol–water partition coefficient (Wildman–Crippen LogP) is 14.3. The van der Waals surface area contributed by atoms with E-state index in [0.717, 1.165) is 18.2 Å². The number of aliphatic hydroxyl groups is 2. The van der Waals surface area contributed by atoms with Gasteiger partial charge in [0.15, 0.2) is 0 Å². The fraction of sp³-hybridized carbons (Fsp3) is 0.231. The largest absolute Gasteiger partial charge is 0.429 e. The molecule has 0 fully saturated rings. The second-order valence-electron chi connectivity index (χ2n) is 14.8. The first-order valence-electron chi connectivity index (χ1n) is 20.6. The SMILES string of the molecule is Cc1cc(OC(F)(F)c2ccc(Br)cc2)ccc1OC(F)(F)c1ccc(Br)cc1.Cc1cc(OC(F)(F)c2ccc(C#CCCCO)cc2)ccc1OC(F)(F)c1ccc(C#CCCCO)cc1. The van der Waals surface area contributed by atoms with E-state index in [1.54, 1.807) is 0 Å². The van der Waals surface area contributed by atoms with Gasteiger partial charge in [0, 0.05) is 46.1 Å². The monoisotopic (exact) mass is 1070 g/mol. The van der Waals surface area contributed by atoms with E-state index >= 15 is 0 Å². The van der Waals surface area contributed by atoms with Crippen molar-refractivity contribution in [2.45, 2.75) is 64.0 Å². The molecule has 0 aliphatic rings. The zero-order valence-corrected chi connectivity index (χ0v) is 39.4. The predicted molar refractivity (Wildman–Crippen MR) is 248 cm³/mol. The van der Waals surface area contributed by atoms with Crippen molar-refractivity contribution in [3.05, 3.63) is 187 Å². The second kappa shape index (κ2) is 23.8. The molecule has 6 rings (SSSR count). The van der Waals surface area contributed by atoms with Crippen LogP contribution in [0.3, 0.4) is 0 Å². The van der Waals surface area contributed by atoms with Crippen LogP contribution in [0, 0.1) is 37.5 Å². The Morgan fingerprint density at radius 2 is 0.721 bits per heavy atom. The molecule has 0 aromatic heterocycles. The van der Waals surface area contributed by atoms with Gasteiger partial charge in [0.05, 0.1) is 22.3 Å². The van der Waals surface area contributed by atoms with Crippen LogP contribution in [0.5, 0.6) is 23.0 Å². The van der Waals surface area contributed by atoms with Gasteiger partial charge in [-0.05, 0) is 171 Å². The number of unbranched alkanes of at least 4 members (excludes halogenated alkanes) is 2. The molecule has 0 atom stereocenters. The van der Waals surface area contributed by atoms with E-state index in [0.29, 0.717) is 45.8 Å². The van der Waals surface area contributed by atoms with Crippen molar-refractivity contribution in [2.75, 3.05) is 13.2 Å². The van der Waals surface area contributed by atoms with Crippen LogP contribution in [0.25, 0.3) is 0 Å². The van der Waals surface area contributed by atoms with E-state index in [4.69, 9.17) is 29.2 Å². The molecule has 0 amide bonds. The Morgan fingerprint density at radius 3 is 1.01 bits per heavy atom. The molecule has 6 nitrogen and oxygen atoms in total. The first kappa shape index (κ1) is 52.9. The average molecular weight is 1070 g/mol. The molecule has 0 unspecified atom stereocenters. The van der Waals surface area contributed by atoms with Crippen molar-refractivity contribution in [3.63, 3.8) is 0 Å². The molecule has 356 valence electrons.